The molecule has 26 heavy (non-hydrogen) atoms. The maximum atomic E-state index is 12.8. The molecule has 0 aromatic heterocycles. The Morgan fingerprint density at radius 1 is 1.38 bits per heavy atom. The zero-order valence-corrected chi connectivity index (χ0v) is 15.0. The van der Waals surface area contributed by atoms with Crippen LogP contribution in [0, 0.1) is 5.92 Å². The van der Waals surface area contributed by atoms with E-state index in [-0.39, 0.29) is 29.0 Å². The third kappa shape index (κ3) is 4.84. The lowest BCUT2D eigenvalue weighted by Gasteiger charge is -2.32. The Kier molecular flexibility index (Phi) is 6.77. The number of nitrogens with one attached hydrogen (secondary N) is 2. The summed E-state index contributed by atoms with van der Waals surface area (Å²) >= 11 is 0. The largest absolute Gasteiger partial charge is 0.507 e. The Balaban J connectivity index is 2.12. The molecule has 3 amide bonds. The number of amides is 3. The van der Waals surface area contributed by atoms with Crippen molar-refractivity contribution in [1.29, 1.82) is 0 Å². The number of carbonyl (C=O) groups excluding carboxylic acids is 3. The SMILES string of the molecule is C=CC(=O)Nc1ccc(O)c(C(=O)N2CCCC(C(=O)NCCC)C2)c1. The summed E-state index contributed by atoms with van der Waals surface area (Å²) in [6, 6.07) is 4.30. The number of likely N-dealkylation sites (tertiary alicyclic amines) is 1. The molecule has 0 aliphatic carbocycles. The van der Waals surface area contributed by atoms with Crippen LogP contribution in [-0.4, -0.2) is 47.4 Å². The quantitative estimate of drug-likeness (QED) is 0.534. The van der Waals surface area contributed by atoms with Crippen molar-refractivity contribution in [1.82, 2.24) is 10.2 Å². The van der Waals surface area contributed by atoms with Crippen LogP contribution in [-0.2, 0) is 9.59 Å². The fraction of sp³-hybridized carbons (Fsp3) is 0.421. The summed E-state index contributed by atoms with van der Waals surface area (Å²) in [6.07, 6.45) is 3.45. The molecular formula is C19H25N3O4. The number of anilines is 1. The number of aromatic hydroxyl groups is 1. The minimum Gasteiger partial charge on any atom is -0.507 e. The number of phenols is 1. The summed E-state index contributed by atoms with van der Waals surface area (Å²) in [4.78, 5) is 38.0. The Hall–Kier alpha value is -2.83. The summed E-state index contributed by atoms with van der Waals surface area (Å²) in [5.41, 5.74) is 0.492. The molecule has 2 rings (SSSR count). The van der Waals surface area contributed by atoms with E-state index in [0.717, 1.165) is 25.3 Å². The maximum Gasteiger partial charge on any atom is 0.257 e. The minimum atomic E-state index is -0.403. The molecule has 1 heterocycles. The lowest BCUT2D eigenvalue weighted by molar-refractivity contribution is -0.126. The van der Waals surface area contributed by atoms with Gasteiger partial charge >= 0.3 is 0 Å². The summed E-state index contributed by atoms with van der Waals surface area (Å²) < 4.78 is 0. The highest BCUT2D eigenvalue weighted by Gasteiger charge is 2.29. The summed E-state index contributed by atoms with van der Waals surface area (Å²) in [6.45, 7) is 6.82. The normalized spacial score (nSPS) is 16.7. The van der Waals surface area contributed by atoms with E-state index in [1.54, 1.807) is 4.90 Å². The molecule has 0 spiro atoms. The average molecular weight is 359 g/mol. The van der Waals surface area contributed by atoms with Gasteiger partial charge in [0.2, 0.25) is 11.8 Å². The molecular weight excluding hydrogens is 334 g/mol. The molecule has 0 saturated carbocycles. The predicted molar refractivity (Wildman–Crippen MR) is 98.9 cm³/mol. The number of nitrogens with zero attached hydrogens (tertiary/aromatic N) is 1. The van der Waals surface area contributed by atoms with E-state index in [1.807, 2.05) is 6.92 Å². The van der Waals surface area contributed by atoms with Gasteiger partial charge in [0, 0.05) is 25.3 Å². The van der Waals surface area contributed by atoms with Crippen LogP contribution in [0.4, 0.5) is 5.69 Å². The Morgan fingerprint density at radius 2 is 2.15 bits per heavy atom. The summed E-state index contributed by atoms with van der Waals surface area (Å²) in [5, 5.41) is 15.5. The van der Waals surface area contributed by atoms with Crippen LogP contribution in [0.1, 0.15) is 36.5 Å². The molecule has 1 aromatic rings. The van der Waals surface area contributed by atoms with E-state index in [4.69, 9.17) is 0 Å². The van der Waals surface area contributed by atoms with Crippen molar-refractivity contribution in [3.05, 3.63) is 36.4 Å². The van der Waals surface area contributed by atoms with Crippen LogP contribution in [0.2, 0.25) is 0 Å². The predicted octanol–water partition coefficient (Wildman–Crippen LogP) is 1.90. The number of hydrogen-bond donors (Lipinski definition) is 3. The molecule has 3 N–H and O–H groups in total. The number of hydrogen-bond acceptors (Lipinski definition) is 4. The maximum absolute atomic E-state index is 12.8. The topological polar surface area (TPSA) is 98.7 Å². The van der Waals surface area contributed by atoms with Crippen molar-refractivity contribution in [3.63, 3.8) is 0 Å². The zero-order chi connectivity index (χ0) is 19.1. The Bertz CT molecular complexity index is 702. The molecule has 1 aromatic carbocycles. The lowest BCUT2D eigenvalue weighted by Crippen LogP contribution is -2.45. The first kappa shape index (κ1) is 19.5. The molecule has 1 fully saturated rings. The third-order valence-corrected chi connectivity index (χ3v) is 4.31. The van der Waals surface area contributed by atoms with Gasteiger partial charge in [-0.05, 0) is 43.5 Å². The van der Waals surface area contributed by atoms with Gasteiger partial charge in [0.05, 0.1) is 11.5 Å². The van der Waals surface area contributed by atoms with Crippen LogP contribution in [0.15, 0.2) is 30.9 Å². The Labute approximate surface area is 153 Å². The van der Waals surface area contributed by atoms with Crippen molar-refractivity contribution in [2.45, 2.75) is 26.2 Å². The second kappa shape index (κ2) is 9.03. The molecule has 0 bridgehead atoms. The summed E-state index contributed by atoms with van der Waals surface area (Å²) in [5.74, 6) is -1.21. The third-order valence-electron chi connectivity index (χ3n) is 4.31. The monoisotopic (exact) mass is 359 g/mol. The van der Waals surface area contributed by atoms with E-state index in [2.05, 4.69) is 17.2 Å². The van der Waals surface area contributed by atoms with Gasteiger partial charge in [-0.2, -0.15) is 0 Å². The Morgan fingerprint density at radius 3 is 2.85 bits per heavy atom. The van der Waals surface area contributed by atoms with Gasteiger partial charge in [-0.1, -0.05) is 13.5 Å². The molecule has 0 radical (unpaired) electrons. The lowest BCUT2D eigenvalue weighted by atomic mass is 9.96. The average Bonchev–Trinajstić information content (AvgIpc) is 2.67. The van der Waals surface area contributed by atoms with Crippen molar-refractivity contribution < 1.29 is 19.5 Å². The molecule has 7 heteroatoms. The first-order chi connectivity index (χ1) is 12.5. The minimum absolute atomic E-state index is 0.0411. The van der Waals surface area contributed by atoms with Crippen molar-refractivity contribution in [2.75, 3.05) is 25.0 Å². The van der Waals surface area contributed by atoms with Crippen molar-refractivity contribution in [3.8, 4) is 5.75 Å². The standard InChI is InChI=1S/C19H25N3O4/c1-3-9-20-18(25)13-6-5-10-22(12-13)19(26)15-11-14(7-8-16(15)23)21-17(24)4-2/h4,7-8,11,13,23H,2-3,5-6,9-10,12H2,1H3,(H,20,25)(H,21,24). The van der Waals surface area contributed by atoms with E-state index in [9.17, 15) is 19.5 Å². The van der Waals surface area contributed by atoms with Gasteiger partial charge in [0.25, 0.3) is 5.91 Å². The van der Waals surface area contributed by atoms with E-state index >= 15 is 0 Å². The van der Waals surface area contributed by atoms with Gasteiger partial charge in [-0.25, -0.2) is 0 Å². The van der Waals surface area contributed by atoms with Gasteiger partial charge in [-0.15, -0.1) is 0 Å². The molecule has 1 aliphatic rings. The molecule has 1 atom stereocenters. The number of carbonyl (C=O) groups is 3. The van der Waals surface area contributed by atoms with E-state index < -0.39 is 5.91 Å². The first-order valence-electron chi connectivity index (χ1n) is 8.79. The van der Waals surface area contributed by atoms with Gasteiger partial charge in [0.15, 0.2) is 0 Å². The second-order valence-electron chi connectivity index (χ2n) is 6.31. The van der Waals surface area contributed by atoms with Crippen LogP contribution < -0.4 is 10.6 Å². The van der Waals surface area contributed by atoms with Crippen molar-refractivity contribution >= 4 is 23.4 Å². The molecule has 140 valence electrons. The highest BCUT2D eigenvalue weighted by molar-refractivity contribution is 6.02. The van der Waals surface area contributed by atoms with Crippen molar-refractivity contribution in [2.24, 2.45) is 5.92 Å². The van der Waals surface area contributed by atoms with Gasteiger partial charge in [0.1, 0.15) is 5.75 Å². The van der Waals surface area contributed by atoms with Gasteiger partial charge in [-0.3, -0.25) is 14.4 Å². The van der Waals surface area contributed by atoms with Gasteiger partial charge < -0.3 is 20.6 Å². The fourth-order valence-electron chi connectivity index (χ4n) is 2.92. The van der Waals surface area contributed by atoms with E-state index in [0.29, 0.717) is 25.3 Å². The fourth-order valence-corrected chi connectivity index (χ4v) is 2.92. The van der Waals surface area contributed by atoms with Crippen LogP contribution in [0.25, 0.3) is 0 Å². The molecule has 1 unspecified atom stereocenters. The molecule has 7 nitrogen and oxygen atoms in total. The summed E-state index contributed by atoms with van der Waals surface area (Å²) in [7, 11) is 0. The zero-order valence-electron chi connectivity index (χ0n) is 15.0. The number of benzene rings is 1. The molecule has 1 aliphatic heterocycles. The molecule has 1 saturated heterocycles. The highest BCUT2D eigenvalue weighted by atomic mass is 16.3. The number of phenolic OH excluding ortho intramolecular Hbond substituents is 1. The highest BCUT2D eigenvalue weighted by Crippen LogP contribution is 2.26. The van der Waals surface area contributed by atoms with Crippen LogP contribution >= 0.6 is 0 Å². The van der Waals surface area contributed by atoms with Crippen LogP contribution in [0.3, 0.4) is 0 Å². The number of piperidine rings is 1. The first-order valence-corrected chi connectivity index (χ1v) is 8.79. The second-order valence-corrected chi connectivity index (χ2v) is 6.31. The smallest absolute Gasteiger partial charge is 0.257 e. The van der Waals surface area contributed by atoms with Crippen LogP contribution in [0.5, 0.6) is 5.75 Å². The number of rotatable bonds is 6. The van der Waals surface area contributed by atoms with E-state index in [1.165, 1.54) is 18.2 Å².